The Morgan fingerprint density at radius 3 is 2.56 bits per heavy atom. The smallest absolute Gasteiger partial charge is 0.134 e. The molecular weight excluding hydrogens is 250 g/mol. The molecule has 2 aromatic rings. The number of furan rings is 1. The van der Waals surface area contributed by atoms with E-state index in [9.17, 15) is 0 Å². The van der Waals surface area contributed by atoms with Gasteiger partial charge in [0.1, 0.15) is 11.5 Å². The Balaban J connectivity index is 0.00000162. The van der Waals surface area contributed by atoms with Gasteiger partial charge in [-0.15, -0.1) is 12.4 Å². The maximum atomic E-state index is 8.90. The molecule has 1 unspecified atom stereocenters. The van der Waals surface area contributed by atoms with Gasteiger partial charge in [-0.2, -0.15) is 0 Å². The average Bonchev–Trinajstić information content (AvgIpc) is 2.73. The number of benzene rings is 1. The summed E-state index contributed by atoms with van der Waals surface area (Å²) in [6.07, 6.45) is 0.550. The SMILES string of the molecule is Cc1oc(-c2ccccc2)cc1C(N)CCO.Cl. The van der Waals surface area contributed by atoms with E-state index in [4.69, 9.17) is 15.3 Å². The molecule has 3 nitrogen and oxygen atoms in total. The summed E-state index contributed by atoms with van der Waals surface area (Å²) in [4.78, 5) is 0. The van der Waals surface area contributed by atoms with Crippen molar-refractivity contribution in [3.8, 4) is 11.3 Å². The fraction of sp³-hybridized carbons (Fsp3) is 0.286. The van der Waals surface area contributed by atoms with Gasteiger partial charge in [-0.3, -0.25) is 0 Å². The van der Waals surface area contributed by atoms with Crippen LogP contribution in [0.25, 0.3) is 11.3 Å². The van der Waals surface area contributed by atoms with Crippen LogP contribution in [0.1, 0.15) is 23.8 Å². The lowest BCUT2D eigenvalue weighted by Gasteiger charge is -2.07. The highest BCUT2D eigenvalue weighted by atomic mass is 35.5. The highest BCUT2D eigenvalue weighted by Gasteiger charge is 2.14. The van der Waals surface area contributed by atoms with E-state index >= 15 is 0 Å². The minimum absolute atomic E-state index is 0. The molecule has 0 fully saturated rings. The quantitative estimate of drug-likeness (QED) is 0.895. The second-order valence-corrected chi connectivity index (χ2v) is 4.11. The fourth-order valence-electron chi connectivity index (χ4n) is 1.90. The molecule has 0 aliphatic carbocycles. The molecule has 0 saturated heterocycles. The number of rotatable bonds is 4. The normalized spacial score (nSPS) is 11.9. The van der Waals surface area contributed by atoms with Crippen molar-refractivity contribution < 1.29 is 9.52 Å². The molecule has 0 aliphatic heterocycles. The molecule has 0 aliphatic rings. The van der Waals surface area contributed by atoms with E-state index < -0.39 is 0 Å². The first-order valence-corrected chi connectivity index (χ1v) is 5.74. The predicted octanol–water partition coefficient (Wildman–Crippen LogP) is 3.06. The van der Waals surface area contributed by atoms with Gasteiger partial charge in [0, 0.05) is 23.8 Å². The maximum absolute atomic E-state index is 8.90. The van der Waals surface area contributed by atoms with Crippen molar-refractivity contribution in [3.63, 3.8) is 0 Å². The Hall–Kier alpha value is -1.29. The number of aliphatic hydroxyl groups excluding tert-OH is 1. The molecule has 2 rings (SSSR count). The topological polar surface area (TPSA) is 59.4 Å². The predicted molar refractivity (Wildman–Crippen MR) is 74.8 cm³/mol. The van der Waals surface area contributed by atoms with Crippen molar-refractivity contribution in [2.75, 3.05) is 6.61 Å². The molecule has 0 saturated carbocycles. The van der Waals surface area contributed by atoms with E-state index in [0.717, 1.165) is 22.6 Å². The van der Waals surface area contributed by atoms with Gasteiger partial charge in [-0.25, -0.2) is 0 Å². The zero-order valence-corrected chi connectivity index (χ0v) is 11.1. The highest BCUT2D eigenvalue weighted by molar-refractivity contribution is 5.85. The van der Waals surface area contributed by atoms with Crippen molar-refractivity contribution in [1.29, 1.82) is 0 Å². The highest BCUT2D eigenvalue weighted by Crippen LogP contribution is 2.28. The Kier molecular flexibility index (Phi) is 5.41. The van der Waals surface area contributed by atoms with Crippen LogP contribution in [0.3, 0.4) is 0 Å². The fourth-order valence-corrected chi connectivity index (χ4v) is 1.90. The molecule has 1 atom stereocenters. The van der Waals surface area contributed by atoms with Crippen molar-refractivity contribution in [2.24, 2.45) is 5.73 Å². The molecule has 1 aromatic heterocycles. The van der Waals surface area contributed by atoms with Gasteiger partial charge in [0.2, 0.25) is 0 Å². The van der Waals surface area contributed by atoms with Crippen molar-refractivity contribution in [1.82, 2.24) is 0 Å². The number of hydrogen-bond acceptors (Lipinski definition) is 3. The van der Waals surface area contributed by atoms with E-state index in [1.807, 2.05) is 43.3 Å². The minimum atomic E-state index is -0.166. The number of halogens is 1. The molecule has 1 aromatic carbocycles. The number of aryl methyl sites for hydroxylation is 1. The van der Waals surface area contributed by atoms with Crippen LogP contribution in [0.15, 0.2) is 40.8 Å². The summed E-state index contributed by atoms with van der Waals surface area (Å²) in [5, 5.41) is 8.90. The number of aliphatic hydroxyl groups is 1. The maximum Gasteiger partial charge on any atom is 0.134 e. The van der Waals surface area contributed by atoms with Gasteiger partial charge in [-0.1, -0.05) is 30.3 Å². The minimum Gasteiger partial charge on any atom is -0.461 e. The second kappa shape index (κ2) is 6.59. The molecular formula is C14H18ClNO2. The lowest BCUT2D eigenvalue weighted by atomic mass is 10.0. The van der Waals surface area contributed by atoms with Crippen molar-refractivity contribution in [2.45, 2.75) is 19.4 Å². The van der Waals surface area contributed by atoms with Crippen LogP contribution in [0, 0.1) is 6.92 Å². The Morgan fingerprint density at radius 1 is 1.28 bits per heavy atom. The lowest BCUT2D eigenvalue weighted by molar-refractivity contribution is 0.276. The Morgan fingerprint density at radius 2 is 1.94 bits per heavy atom. The molecule has 1 heterocycles. The first kappa shape index (κ1) is 14.8. The van der Waals surface area contributed by atoms with Crippen LogP contribution >= 0.6 is 12.4 Å². The van der Waals surface area contributed by atoms with E-state index in [1.165, 1.54) is 0 Å². The van der Waals surface area contributed by atoms with E-state index in [-0.39, 0.29) is 25.1 Å². The van der Waals surface area contributed by atoms with E-state index in [0.29, 0.717) is 6.42 Å². The van der Waals surface area contributed by atoms with Gasteiger partial charge in [-0.05, 0) is 19.4 Å². The molecule has 98 valence electrons. The molecule has 0 spiro atoms. The summed E-state index contributed by atoms with van der Waals surface area (Å²) in [5.41, 5.74) is 7.99. The monoisotopic (exact) mass is 267 g/mol. The summed E-state index contributed by atoms with van der Waals surface area (Å²) in [6.45, 7) is 1.99. The Labute approximate surface area is 113 Å². The molecule has 3 N–H and O–H groups in total. The summed E-state index contributed by atoms with van der Waals surface area (Å²) in [7, 11) is 0. The summed E-state index contributed by atoms with van der Waals surface area (Å²) >= 11 is 0. The zero-order valence-electron chi connectivity index (χ0n) is 10.3. The third-order valence-electron chi connectivity index (χ3n) is 2.85. The third-order valence-corrected chi connectivity index (χ3v) is 2.85. The van der Waals surface area contributed by atoms with Crippen LogP contribution in [-0.4, -0.2) is 11.7 Å². The van der Waals surface area contributed by atoms with E-state index in [1.54, 1.807) is 0 Å². The first-order valence-electron chi connectivity index (χ1n) is 5.74. The van der Waals surface area contributed by atoms with Gasteiger partial charge in [0.25, 0.3) is 0 Å². The molecule has 4 heteroatoms. The standard InChI is InChI=1S/C14H17NO2.ClH/c1-10-12(13(15)7-8-16)9-14(17-10)11-5-3-2-4-6-11;/h2-6,9,13,16H,7-8,15H2,1H3;1H. The largest absolute Gasteiger partial charge is 0.461 e. The number of hydrogen-bond donors (Lipinski definition) is 2. The van der Waals surface area contributed by atoms with Crippen LogP contribution in [0.5, 0.6) is 0 Å². The van der Waals surface area contributed by atoms with Crippen molar-refractivity contribution in [3.05, 3.63) is 47.7 Å². The van der Waals surface area contributed by atoms with E-state index in [2.05, 4.69) is 0 Å². The van der Waals surface area contributed by atoms with Crippen LogP contribution in [0.4, 0.5) is 0 Å². The molecule has 0 bridgehead atoms. The summed E-state index contributed by atoms with van der Waals surface area (Å²) in [6, 6.07) is 11.7. The van der Waals surface area contributed by atoms with Gasteiger partial charge < -0.3 is 15.3 Å². The van der Waals surface area contributed by atoms with Gasteiger partial charge in [0.15, 0.2) is 0 Å². The van der Waals surface area contributed by atoms with Crippen LogP contribution in [0.2, 0.25) is 0 Å². The van der Waals surface area contributed by atoms with Gasteiger partial charge in [0.05, 0.1) is 0 Å². The lowest BCUT2D eigenvalue weighted by Crippen LogP contribution is -2.11. The molecule has 18 heavy (non-hydrogen) atoms. The number of nitrogens with two attached hydrogens (primary N) is 1. The summed E-state index contributed by atoms with van der Waals surface area (Å²) < 4.78 is 5.71. The first-order chi connectivity index (χ1) is 8.22. The molecule has 0 amide bonds. The molecule has 0 radical (unpaired) electrons. The third kappa shape index (κ3) is 3.13. The Bertz CT molecular complexity index is 482. The van der Waals surface area contributed by atoms with Gasteiger partial charge >= 0.3 is 0 Å². The average molecular weight is 268 g/mol. The van der Waals surface area contributed by atoms with Crippen molar-refractivity contribution >= 4 is 12.4 Å². The summed E-state index contributed by atoms with van der Waals surface area (Å²) in [5.74, 6) is 1.65. The van der Waals surface area contributed by atoms with Crippen LogP contribution < -0.4 is 5.73 Å². The van der Waals surface area contributed by atoms with Crippen LogP contribution in [-0.2, 0) is 0 Å². The second-order valence-electron chi connectivity index (χ2n) is 4.11. The zero-order chi connectivity index (χ0) is 12.3.